The number of nitriles is 1. The number of anilines is 1. The summed E-state index contributed by atoms with van der Waals surface area (Å²) in [6.45, 7) is 0. The Bertz CT molecular complexity index is 771. The number of para-hydroxylation sites is 1. The van der Waals surface area contributed by atoms with Gasteiger partial charge in [-0.05, 0) is 6.07 Å². The van der Waals surface area contributed by atoms with Gasteiger partial charge in [0.25, 0.3) is 0 Å². The molecule has 0 aliphatic carbocycles. The number of H-pyrrole nitrogens is 1. The predicted octanol–water partition coefficient (Wildman–Crippen LogP) is 3.75. The molecular weight excluding hydrogens is 283 g/mol. The van der Waals surface area contributed by atoms with Crippen molar-refractivity contribution in [3.63, 3.8) is 0 Å². The van der Waals surface area contributed by atoms with Crippen molar-refractivity contribution < 1.29 is 4.39 Å². The number of hydrogen-bond donors (Lipinski definition) is 2. The highest BCUT2D eigenvalue weighted by molar-refractivity contribution is 8.02. The zero-order chi connectivity index (χ0) is 13.2. The van der Waals surface area contributed by atoms with Gasteiger partial charge >= 0.3 is 0 Å². The molecule has 0 fully saturated rings. The molecule has 94 valence electrons. The van der Waals surface area contributed by atoms with Gasteiger partial charge in [0.2, 0.25) is 0 Å². The average Bonchev–Trinajstić information content (AvgIpc) is 3.02. The highest BCUT2D eigenvalue weighted by Crippen LogP contribution is 2.30. The first-order valence-electron chi connectivity index (χ1n) is 5.32. The van der Waals surface area contributed by atoms with Crippen molar-refractivity contribution in [2.24, 2.45) is 0 Å². The lowest BCUT2D eigenvalue weighted by atomic mass is 10.2. The Labute approximate surface area is 116 Å². The third kappa shape index (κ3) is 2.28. The first kappa shape index (κ1) is 12.0. The summed E-state index contributed by atoms with van der Waals surface area (Å²) in [6.07, 6.45) is 2.86. The van der Waals surface area contributed by atoms with Crippen molar-refractivity contribution in [2.75, 3.05) is 4.72 Å². The van der Waals surface area contributed by atoms with Crippen LogP contribution in [0.3, 0.4) is 0 Å². The van der Waals surface area contributed by atoms with Gasteiger partial charge in [-0.25, -0.2) is 4.98 Å². The minimum atomic E-state index is -0.311. The van der Waals surface area contributed by atoms with Crippen molar-refractivity contribution in [3.05, 3.63) is 41.3 Å². The molecule has 3 aromatic rings. The Morgan fingerprint density at radius 1 is 1.47 bits per heavy atom. The molecule has 2 N–H and O–H groups in total. The smallest absolute Gasteiger partial charge is 0.197 e. The van der Waals surface area contributed by atoms with Crippen LogP contribution in [0.2, 0.25) is 0 Å². The van der Waals surface area contributed by atoms with Crippen molar-refractivity contribution in [3.8, 4) is 6.07 Å². The van der Waals surface area contributed by atoms with E-state index in [4.69, 9.17) is 5.26 Å². The Morgan fingerprint density at radius 3 is 3.11 bits per heavy atom. The summed E-state index contributed by atoms with van der Waals surface area (Å²) >= 11 is 2.22. The molecule has 0 saturated carbocycles. The van der Waals surface area contributed by atoms with E-state index in [0.29, 0.717) is 9.90 Å². The molecule has 7 heteroatoms. The summed E-state index contributed by atoms with van der Waals surface area (Å²) < 4.78 is 16.5. The molecule has 0 unspecified atom stereocenters. The first-order chi connectivity index (χ1) is 9.28. The van der Waals surface area contributed by atoms with Crippen molar-refractivity contribution in [2.45, 2.75) is 4.34 Å². The molecule has 0 atom stereocenters. The molecule has 0 radical (unpaired) electrons. The van der Waals surface area contributed by atoms with Crippen LogP contribution in [-0.2, 0) is 0 Å². The van der Waals surface area contributed by atoms with E-state index >= 15 is 0 Å². The summed E-state index contributed by atoms with van der Waals surface area (Å²) in [5.41, 5.74) is 2.28. The van der Waals surface area contributed by atoms with E-state index < -0.39 is 0 Å². The van der Waals surface area contributed by atoms with Gasteiger partial charge in [-0.3, -0.25) is 0 Å². The van der Waals surface area contributed by atoms with Crippen molar-refractivity contribution in [1.82, 2.24) is 9.97 Å². The third-order valence-corrected chi connectivity index (χ3v) is 4.22. The van der Waals surface area contributed by atoms with Crippen LogP contribution < -0.4 is 4.72 Å². The number of thiazole rings is 1. The van der Waals surface area contributed by atoms with Gasteiger partial charge in [-0.2, -0.15) is 9.65 Å². The Morgan fingerprint density at radius 2 is 2.37 bits per heavy atom. The van der Waals surface area contributed by atoms with Gasteiger partial charge in [-0.15, -0.1) is 0 Å². The predicted molar refractivity (Wildman–Crippen MR) is 74.6 cm³/mol. The molecule has 0 amide bonds. The zero-order valence-corrected chi connectivity index (χ0v) is 11.1. The van der Waals surface area contributed by atoms with E-state index in [1.54, 1.807) is 6.20 Å². The second kappa shape index (κ2) is 4.91. The van der Waals surface area contributed by atoms with E-state index in [-0.39, 0.29) is 5.13 Å². The second-order valence-corrected chi connectivity index (χ2v) is 5.71. The van der Waals surface area contributed by atoms with E-state index in [0.717, 1.165) is 27.9 Å². The number of aromatic amines is 1. The molecule has 3 rings (SSSR count). The fourth-order valence-corrected chi connectivity index (χ4v) is 3.10. The largest absolute Gasteiger partial charge is 0.358 e. The van der Waals surface area contributed by atoms with E-state index in [1.165, 1.54) is 18.1 Å². The fraction of sp³-hybridized carbons (Fsp3) is 0. The van der Waals surface area contributed by atoms with Gasteiger partial charge in [0.1, 0.15) is 6.07 Å². The quantitative estimate of drug-likeness (QED) is 0.721. The molecule has 2 aromatic heterocycles. The molecule has 19 heavy (non-hydrogen) atoms. The van der Waals surface area contributed by atoms with Crippen LogP contribution >= 0.6 is 23.3 Å². The third-order valence-electron chi connectivity index (χ3n) is 2.54. The van der Waals surface area contributed by atoms with Crippen LogP contribution in [0, 0.1) is 16.5 Å². The number of nitrogens with zero attached hydrogens (tertiary/aromatic N) is 2. The molecule has 0 saturated heterocycles. The van der Waals surface area contributed by atoms with Crippen molar-refractivity contribution >= 4 is 39.9 Å². The van der Waals surface area contributed by atoms with E-state index in [1.807, 2.05) is 18.2 Å². The lowest BCUT2D eigenvalue weighted by Crippen LogP contribution is -1.87. The van der Waals surface area contributed by atoms with Crippen LogP contribution in [0.15, 0.2) is 34.9 Å². The highest BCUT2D eigenvalue weighted by Gasteiger charge is 2.08. The molecule has 0 spiro atoms. The molecule has 0 bridgehead atoms. The van der Waals surface area contributed by atoms with E-state index in [9.17, 15) is 4.39 Å². The molecular formula is C12H7FN4S2. The van der Waals surface area contributed by atoms with Crippen LogP contribution in [-0.4, -0.2) is 9.97 Å². The highest BCUT2D eigenvalue weighted by atomic mass is 32.2. The fourth-order valence-electron chi connectivity index (χ4n) is 1.72. The van der Waals surface area contributed by atoms with Crippen LogP contribution in [0.5, 0.6) is 0 Å². The van der Waals surface area contributed by atoms with Crippen LogP contribution in [0.25, 0.3) is 10.9 Å². The molecule has 4 nitrogen and oxygen atoms in total. The van der Waals surface area contributed by atoms with Crippen LogP contribution in [0.4, 0.5) is 10.1 Å². The summed E-state index contributed by atoms with van der Waals surface area (Å²) in [7, 11) is 0. The van der Waals surface area contributed by atoms with Crippen molar-refractivity contribution in [1.29, 1.82) is 5.26 Å². The van der Waals surface area contributed by atoms with Gasteiger partial charge in [0, 0.05) is 23.5 Å². The molecule has 0 aliphatic heterocycles. The summed E-state index contributed by atoms with van der Waals surface area (Å²) in [4.78, 5) is 6.97. The van der Waals surface area contributed by atoms with Gasteiger partial charge in [0.15, 0.2) is 9.47 Å². The monoisotopic (exact) mass is 290 g/mol. The van der Waals surface area contributed by atoms with Gasteiger partial charge in [-0.1, -0.05) is 23.5 Å². The number of hydrogen-bond acceptors (Lipinski definition) is 5. The van der Waals surface area contributed by atoms with E-state index in [2.05, 4.69) is 20.8 Å². The van der Waals surface area contributed by atoms with Gasteiger partial charge < -0.3 is 9.71 Å². The lowest BCUT2D eigenvalue weighted by Gasteiger charge is -2.04. The molecule has 2 heterocycles. The lowest BCUT2D eigenvalue weighted by molar-refractivity contribution is 0.653. The topological polar surface area (TPSA) is 64.5 Å². The summed E-state index contributed by atoms with van der Waals surface area (Å²) in [5, 5.41) is 9.53. The molecule has 1 aromatic carbocycles. The number of fused-ring (bicyclic) bond motifs is 1. The maximum Gasteiger partial charge on any atom is 0.197 e. The first-order valence-corrected chi connectivity index (χ1v) is 6.95. The zero-order valence-electron chi connectivity index (χ0n) is 9.48. The number of halogens is 1. The summed E-state index contributed by atoms with van der Waals surface area (Å²) in [5.74, 6) is 0. The summed E-state index contributed by atoms with van der Waals surface area (Å²) in [6, 6.07) is 7.76. The second-order valence-electron chi connectivity index (χ2n) is 3.68. The standard InChI is InChI=1S/C12H7FN4S2/c13-10-6-16-12(18-10)19-17-9-3-1-2-8-7(4-14)5-15-11(8)9/h1-3,5-6,15,17H. The van der Waals surface area contributed by atoms with Gasteiger partial charge in [0.05, 0.1) is 23.0 Å². The number of rotatable bonds is 3. The number of nitrogens with one attached hydrogen (secondary N) is 2. The van der Waals surface area contributed by atoms with Crippen LogP contribution in [0.1, 0.15) is 5.56 Å². The number of benzene rings is 1. The Hall–Kier alpha value is -2.04. The maximum atomic E-state index is 12.8. The molecule has 0 aliphatic rings. The minimum absolute atomic E-state index is 0.311. The maximum absolute atomic E-state index is 12.8. The Balaban J connectivity index is 1.89. The SMILES string of the molecule is N#Cc1c[nH]c2c(NSc3ncc(F)s3)cccc12. The minimum Gasteiger partial charge on any atom is -0.358 e. The Kier molecular flexibility index (Phi) is 3.11. The normalized spacial score (nSPS) is 10.5. The number of aromatic nitrogens is 2. The average molecular weight is 290 g/mol.